The van der Waals surface area contributed by atoms with Crippen LogP contribution in [0.4, 0.5) is 0 Å². The van der Waals surface area contributed by atoms with Gasteiger partial charge in [0, 0.05) is 18.3 Å². The first-order valence-electron chi connectivity index (χ1n) is 5.91. The van der Waals surface area contributed by atoms with Crippen molar-refractivity contribution in [3.8, 4) is 5.82 Å². The first-order valence-corrected chi connectivity index (χ1v) is 5.91. The van der Waals surface area contributed by atoms with Crippen molar-refractivity contribution in [1.29, 1.82) is 0 Å². The van der Waals surface area contributed by atoms with Gasteiger partial charge in [-0.05, 0) is 37.5 Å². The number of nitrogens with zero attached hydrogens (tertiary/aromatic N) is 3. The third kappa shape index (κ3) is 1.77. The zero-order valence-corrected chi connectivity index (χ0v) is 10.00. The smallest absolute Gasteiger partial charge is 0.339 e. The Bertz CT molecular complexity index is 614. The van der Waals surface area contributed by atoms with Crippen LogP contribution in [0.2, 0.25) is 0 Å². The summed E-state index contributed by atoms with van der Waals surface area (Å²) in [5.41, 5.74) is 1.92. The van der Waals surface area contributed by atoms with Crippen LogP contribution in [0.1, 0.15) is 40.4 Å². The van der Waals surface area contributed by atoms with E-state index in [1.807, 2.05) is 6.07 Å². The minimum atomic E-state index is -0.973. The summed E-state index contributed by atoms with van der Waals surface area (Å²) < 4.78 is 1.56. The number of hydrogen-bond acceptors (Lipinski definition) is 3. The number of carbonyl (C=O) groups is 1. The molecule has 2 aromatic heterocycles. The second-order valence-electron chi connectivity index (χ2n) is 4.59. The molecule has 2 aromatic rings. The van der Waals surface area contributed by atoms with Crippen molar-refractivity contribution in [1.82, 2.24) is 14.8 Å². The minimum Gasteiger partial charge on any atom is -0.478 e. The van der Waals surface area contributed by atoms with Gasteiger partial charge in [0.25, 0.3) is 0 Å². The number of hydrogen-bond donors (Lipinski definition) is 1. The van der Waals surface area contributed by atoms with E-state index in [1.54, 1.807) is 30.1 Å². The first-order chi connectivity index (χ1) is 8.66. The van der Waals surface area contributed by atoms with Crippen LogP contribution >= 0.6 is 0 Å². The molecular weight excluding hydrogens is 230 g/mol. The van der Waals surface area contributed by atoms with Gasteiger partial charge >= 0.3 is 5.97 Å². The van der Waals surface area contributed by atoms with Gasteiger partial charge in [-0.15, -0.1) is 0 Å². The molecule has 92 valence electrons. The van der Waals surface area contributed by atoms with Crippen LogP contribution in [0, 0.1) is 6.92 Å². The maximum absolute atomic E-state index is 11.3. The van der Waals surface area contributed by atoms with Crippen molar-refractivity contribution < 1.29 is 9.90 Å². The van der Waals surface area contributed by atoms with Crippen LogP contribution in [0.3, 0.4) is 0 Å². The van der Waals surface area contributed by atoms with Crippen molar-refractivity contribution in [3.05, 3.63) is 41.3 Å². The van der Waals surface area contributed by atoms with Crippen molar-refractivity contribution in [2.75, 3.05) is 0 Å². The SMILES string of the molecule is Cc1ccnc(-n2ccc(C3CC3)n2)c1C(=O)O. The van der Waals surface area contributed by atoms with Gasteiger partial charge in [0.15, 0.2) is 5.82 Å². The van der Waals surface area contributed by atoms with E-state index in [1.165, 1.54) is 12.8 Å². The van der Waals surface area contributed by atoms with E-state index in [4.69, 9.17) is 0 Å². The van der Waals surface area contributed by atoms with Crippen LogP contribution in [-0.4, -0.2) is 25.8 Å². The van der Waals surface area contributed by atoms with Crippen molar-refractivity contribution in [3.63, 3.8) is 0 Å². The van der Waals surface area contributed by atoms with Gasteiger partial charge in [0.2, 0.25) is 0 Å². The number of aromatic nitrogens is 3. The first kappa shape index (κ1) is 11.0. The van der Waals surface area contributed by atoms with E-state index in [0.29, 0.717) is 17.3 Å². The van der Waals surface area contributed by atoms with E-state index in [0.717, 1.165) is 5.69 Å². The minimum absolute atomic E-state index is 0.211. The van der Waals surface area contributed by atoms with Gasteiger partial charge in [-0.2, -0.15) is 5.10 Å². The summed E-state index contributed by atoms with van der Waals surface area (Å²) in [6.45, 7) is 1.76. The maximum atomic E-state index is 11.3. The highest BCUT2D eigenvalue weighted by Gasteiger charge is 2.26. The molecule has 3 rings (SSSR count). The second kappa shape index (κ2) is 3.94. The average molecular weight is 243 g/mol. The van der Waals surface area contributed by atoms with Crippen LogP contribution in [-0.2, 0) is 0 Å². The fraction of sp³-hybridized carbons (Fsp3) is 0.308. The fourth-order valence-electron chi connectivity index (χ4n) is 2.03. The van der Waals surface area contributed by atoms with Crippen molar-refractivity contribution >= 4 is 5.97 Å². The third-order valence-electron chi connectivity index (χ3n) is 3.18. The summed E-state index contributed by atoms with van der Waals surface area (Å²) in [5, 5.41) is 13.7. The molecule has 5 heteroatoms. The molecule has 0 saturated heterocycles. The molecule has 0 spiro atoms. The second-order valence-corrected chi connectivity index (χ2v) is 4.59. The summed E-state index contributed by atoms with van der Waals surface area (Å²) in [7, 11) is 0. The summed E-state index contributed by atoms with van der Waals surface area (Å²) in [4.78, 5) is 15.4. The molecular formula is C13H13N3O2. The molecule has 0 bridgehead atoms. The molecule has 0 unspecified atom stereocenters. The van der Waals surface area contributed by atoms with E-state index >= 15 is 0 Å². The van der Waals surface area contributed by atoms with Crippen LogP contribution in [0.5, 0.6) is 0 Å². The van der Waals surface area contributed by atoms with Crippen molar-refractivity contribution in [2.24, 2.45) is 0 Å². The lowest BCUT2D eigenvalue weighted by molar-refractivity contribution is 0.0695. The quantitative estimate of drug-likeness (QED) is 0.896. The predicted molar refractivity (Wildman–Crippen MR) is 65.0 cm³/mol. The fourth-order valence-corrected chi connectivity index (χ4v) is 2.03. The number of carboxylic acid groups (broad SMARTS) is 1. The highest BCUT2D eigenvalue weighted by Crippen LogP contribution is 2.39. The monoisotopic (exact) mass is 243 g/mol. The molecule has 0 aliphatic heterocycles. The van der Waals surface area contributed by atoms with E-state index in [-0.39, 0.29) is 5.56 Å². The van der Waals surface area contributed by atoms with Gasteiger partial charge in [-0.25, -0.2) is 14.5 Å². The van der Waals surface area contributed by atoms with E-state index < -0.39 is 5.97 Å². The molecule has 0 atom stereocenters. The molecule has 18 heavy (non-hydrogen) atoms. The molecule has 0 aromatic carbocycles. The van der Waals surface area contributed by atoms with Crippen LogP contribution in [0.25, 0.3) is 5.82 Å². The molecule has 1 fully saturated rings. The number of pyridine rings is 1. The standard InChI is InChI=1S/C13H13N3O2/c1-8-4-6-14-12(11(8)13(17)18)16-7-5-10(15-16)9-2-3-9/h4-7,9H,2-3H2,1H3,(H,17,18). The molecule has 1 N–H and O–H groups in total. The number of aryl methyl sites for hydroxylation is 1. The predicted octanol–water partition coefficient (Wildman–Crippen LogP) is 2.15. The molecule has 5 nitrogen and oxygen atoms in total. The van der Waals surface area contributed by atoms with Gasteiger partial charge in [-0.1, -0.05) is 0 Å². The molecule has 2 heterocycles. The average Bonchev–Trinajstić information content (AvgIpc) is 3.06. The lowest BCUT2D eigenvalue weighted by Crippen LogP contribution is -2.10. The molecule has 1 aliphatic carbocycles. The Morgan fingerprint density at radius 1 is 1.44 bits per heavy atom. The zero-order chi connectivity index (χ0) is 12.7. The Balaban J connectivity index is 2.09. The molecule has 0 amide bonds. The van der Waals surface area contributed by atoms with Gasteiger partial charge in [-0.3, -0.25) is 0 Å². The van der Waals surface area contributed by atoms with Crippen LogP contribution < -0.4 is 0 Å². The number of rotatable bonds is 3. The summed E-state index contributed by atoms with van der Waals surface area (Å²) >= 11 is 0. The summed E-state index contributed by atoms with van der Waals surface area (Å²) in [6, 6.07) is 3.63. The van der Waals surface area contributed by atoms with E-state index in [2.05, 4.69) is 10.1 Å². The van der Waals surface area contributed by atoms with Crippen molar-refractivity contribution in [2.45, 2.75) is 25.7 Å². The van der Waals surface area contributed by atoms with Gasteiger partial charge in [0.05, 0.1) is 5.69 Å². The molecule has 1 saturated carbocycles. The number of aromatic carboxylic acids is 1. The summed E-state index contributed by atoms with van der Waals surface area (Å²) in [6.07, 6.45) is 5.73. The van der Waals surface area contributed by atoms with Crippen LogP contribution in [0.15, 0.2) is 24.5 Å². The molecule has 0 radical (unpaired) electrons. The van der Waals surface area contributed by atoms with Gasteiger partial charge in [0.1, 0.15) is 5.56 Å². The van der Waals surface area contributed by atoms with Gasteiger partial charge < -0.3 is 5.11 Å². The highest BCUT2D eigenvalue weighted by molar-refractivity contribution is 5.92. The topological polar surface area (TPSA) is 68.0 Å². The number of carboxylic acids is 1. The zero-order valence-electron chi connectivity index (χ0n) is 10.00. The Hall–Kier alpha value is -2.17. The summed E-state index contributed by atoms with van der Waals surface area (Å²) in [5.74, 6) is -0.0437. The Labute approximate surface area is 104 Å². The lowest BCUT2D eigenvalue weighted by Gasteiger charge is -2.07. The maximum Gasteiger partial charge on any atom is 0.339 e. The third-order valence-corrected chi connectivity index (χ3v) is 3.18. The lowest BCUT2D eigenvalue weighted by atomic mass is 10.1. The Morgan fingerprint density at radius 3 is 2.89 bits per heavy atom. The normalized spacial score (nSPS) is 14.7. The largest absolute Gasteiger partial charge is 0.478 e. The van der Waals surface area contributed by atoms with E-state index in [9.17, 15) is 9.90 Å². The Morgan fingerprint density at radius 2 is 2.22 bits per heavy atom. The Kier molecular flexibility index (Phi) is 2.40. The highest BCUT2D eigenvalue weighted by atomic mass is 16.4. The molecule has 1 aliphatic rings.